The van der Waals surface area contributed by atoms with Crippen LogP contribution in [0.15, 0.2) is 12.8 Å². The second-order valence-electron chi connectivity index (χ2n) is 2.90. The summed E-state index contributed by atoms with van der Waals surface area (Å²) in [4.78, 5) is 2.20. The van der Waals surface area contributed by atoms with E-state index >= 15 is 0 Å². The van der Waals surface area contributed by atoms with E-state index in [0.29, 0.717) is 0 Å². The van der Waals surface area contributed by atoms with Crippen LogP contribution >= 0.6 is 12.4 Å². The molecule has 0 aliphatic heterocycles. The Bertz CT molecular complexity index is 96.5. The molecule has 0 aliphatic carbocycles. The normalized spacial score (nSPS) is 9.25. The molecule has 0 rings (SSSR count). The highest BCUT2D eigenvalue weighted by molar-refractivity contribution is 5.85. The zero-order chi connectivity index (χ0) is 8.53. The van der Waals surface area contributed by atoms with Crippen LogP contribution in [0.3, 0.4) is 0 Å². The molecule has 0 atom stereocenters. The van der Waals surface area contributed by atoms with Crippen molar-refractivity contribution in [3.63, 3.8) is 0 Å². The Morgan fingerprint density at radius 1 is 1.25 bits per heavy atom. The summed E-state index contributed by atoms with van der Waals surface area (Å²) < 4.78 is 4.99. The van der Waals surface area contributed by atoms with Crippen LogP contribution in [-0.2, 0) is 4.74 Å². The van der Waals surface area contributed by atoms with Gasteiger partial charge in [-0.25, -0.2) is 0 Å². The fourth-order valence-corrected chi connectivity index (χ4v) is 0.874. The van der Waals surface area contributed by atoms with Crippen LogP contribution in [0.1, 0.15) is 19.3 Å². The summed E-state index contributed by atoms with van der Waals surface area (Å²) in [6.07, 6.45) is 5.14. The molecule has 0 radical (unpaired) electrons. The van der Waals surface area contributed by atoms with Gasteiger partial charge in [0.25, 0.3) is 0 Å². The highest BCUT2D eigenvalue weighted by Crippen LogP contribution is 1.96. The van der Waals surface area contributed by atoms with E-state index in [1.807, 2.05) is 0 Å². The van der Waals surface area contributed by atoms with Crippen molar-refractivity contribution in [2.24, 2.45) is 0 Å². The van der Waals surface area contributed by atoms with Crippen molar-refractivity contribution in [3.8, 4) is 0 Å². The molecule has 0 N–H and O–H groups in total. The maximum atomic E-state index is 4.99. The molecule has 0 saturated carbocycles. The van der Waals surface area contributed by atoms with Crippen molar-refractivity contribution in [2.75, 3.05) is 27.2 Å². The van der Waals surface area contributed by atoms with Gasteiger partial charge in [-0.3, -0.25) is 0 Å². The van der Waals surface area contributed by atoms with Crippen molar-refractivity contribution in [1.82, 2.24) is 4.90 Å². The van der Waals surface area contributed by atoms with Gasteiger partial charge in [-0.15, -0.1) is 12.4 Å². The molecule has 74 valence electrons. The lowest BCUT2D eigenvalue weighted by molar-refractivity contribution is 0.239. The fraction of sp³-hybridized carbons (Fsp3) is 0.778. The van der Waals surface area contributed by atoms with Crippen molar-refractivity contribution in [3.05, 3.63) is 12.8 Å². The number of hydrogen-bond acceptors (Lipinski definition) is 2. The number of nitrogens with zero attached hydrogens (tertiary/aromatic N) is 1. The van der Waals surface area contributed by atoms with E-state index in [2.05, 4.69) is 25.6 Å². The molecule has 0 aromatic carbocycles. The smallest absolute Gasteiger partial charge is 0.0873 e. The lowest BCUT2D eigenvalue weighted by Crippen LogP contribution is -2.12. The van der Waals surface area contributed by atoms with Crippen LogP contribution in [0.5, 0.6) is 0 Å². The molecular weight excluding hydrogens is 174 g/mol. The second-order valence-corrected chi connectivity index (χ2v) is 2.90. The van der Waals surface area contributed by atoms with Crippen LogP contribution in [0.2, 0.25) is 0 Å². The number of unbranched alkanes of at least 4 members (excludes halogenated alkanes) is 2. The highest BCUT2D eigenvalue weighted by atomic mass is 35.5. The van der Waals surface area contributed by atoms with Gasteiger partial charge in [0.05, 0.1) is 12.9 Å². The largest absolute Gasteiger partial charge is 0.502 e. The fourth-order valence-electron chi connectivity index (χ4n) is 0.874. The summed E-state index contributed by atoms with van der Waals surface area (Å²) >= 11 is 0. The summed E-state index contributed by atoms with van der Waals surface area (Å²) in [6.45, 7) is 5.47. The molecule has 0 fully saturated rings. The van der Waals surface area contributed by atoms with E-state index < -0.39 is 0 Å². The maximum Gasteiger partial charge on any atom is 0.0873 e. The average molecular weight is 194 g/mol. The molecule has 0 saturated heterocycles. The lowest BCUT2D eigenvalue weighted by atomic mass is 10.2. The number of ether oxygens (including phenoxy) is 1. The maximum absolute atomic E-state index is 4.99. The zero-order valence-electron chi connectivity index (χ0n) is 8.08. The molecule has 0 aromatic heterocycles. The van der Waals surface area contributed by atoms with Gasteiger partial charge < -0.3 is 9.64 Å². The van der Waals surface area contributed by atoms with Crippen LogP contribution < -0.4 is 0 Å². The van der Waals surface area contributed by atoms with Crippen molar-refractivity contribution in [2.45, 2.75) is 19.3 Å². The highest BCUT2D eigenvalue weighted by Gasteiger charge is 1.90. The molecule has 0 spiro atoms. The van der Waals surface area contributed by atoms with Gasteiger partial charge >= 0.3 is 0 Å². The van der Waals surface area contributed by atoms with E-state index in [1.165, 1.54) is 25.6 Å². The van der Waals surface area contributed by atoms with Gasteiger partial charge in [0.2, 0.25) is 0 Å². The minimum absolute atomic E-state index is 0. The minimum Gasteiger partial charge on any atom is -0.502 e. The zero-order valence-corrected chi connectivity index (χ0v) is 8.90. The number of hydrogen-bond donors (Lipinski definition) is 0. The Labute approximate surface area is 82.0 Å². The molecule has 0 heterocycles. The van der Waals surface area contributed by atoms with Crippen molar-refractivity contribution >= 4 is 12.4 Å². The third-order valence-electron chi connectivity index (χ3n) is 1.49. The second kappa shape index (κ2) is 10.8. The van der Waals surface area contributed by atoms with Crippen molar-refractivity contribution in [1.29, 1.82) is 0 Å². The molecule has 2 nitrogen and oxygen atoms in total. The third-order valence-corrected chi connectivity index (χ3v) is 1.49. The number of rotatable bonds is 7. The Morgan fingerprint density at radius 2 is 1.92 bits per heavy atom. The van der Waals surface area contributed by atoms with Gasteiger partial charge in [-0.1, -0.05) is 6.58 Å². The van der Waals surface area contributed by atoms with E-state index in [1.54, 1.807) is 0 Å². The Kier molecular flexibility index (Phi) is 12.9. The van der Waals surface area contributed by atoms with Crippen LogP contribution in [0.25, 0.3) is 0 Å². The van der Waals surface area contributed by atoms with Gasteiger partial charge in [0, 0.05) is 0 Å². The predicted molar refractivity (Wildman–Crippen MR) is 55.8 cm³/mol. The van der Waals surface area contributed by atoms with E-state index in [-0.39, 0.29) is 12.4 Å². The molecule has 0 amide bonds. The summed E-state index contributed by atoms with van der Waals surface area (Å²) in [6, 6.07) is 0. The molecule has 0 aliphatic rings. The number of halogens is 1. The summed E-state index contributed by atoms with van der Waals surface area (Å²) in [5.41, 5.74) is 0. The Hall–Kier alpha value is -0.210. The summed E-state index contributed by atoms with van der Waals surface area (Å²) in [5.74, 6) is 0. The third kappa shape index (κ3) is 12.5. The van der Waals surface area contributed by atoms with Crippen molar-refractivity contribution < 1.29 is 4.74 Å². The quantitative estimate of drug-likeness (QED) is 0.455. The minimum atomic E-state index is 0. The summed E-state index contributed by atoms with van der Waals surface area (Å²) in [5, 5.41) is 0. The Balaban J connectivity index is 0. The molecule has 12 heavy (non-hydrogen) atoms. The average Bonchev–Trinajstić information content (AvgIpc) is 1.96. The van der Waals surface area contributed by atoms with Crippen LogP contribution in [0.4, 0.5) is 0 Å². The topological polar surface area (TPSA) is 12.5 Å². The monoisotopic (exact) mass is 193 g/mol. The van der Waals surface area contributed by atoms with Crippen LogP contribution in [0, 0.1) is 0 Å². The van der Waals surface area contributed by atoms with Gasteiger partial charge in [-0.05, 0) is 39.9 Å². The standard InChI is InChI=1S/C9H19NO.ClH/c1-4-11-9-7-5-6-8-10(2)3;/h4H,1,5-9H2,2-3H3;1H. The molecule has 0 aromatic rings. The lowest BCUT2D eigenvalue weighted by Gasteiger charge is -2.08. The Morgan fingerprint density at radius 3 is 2.42 bits per heavy atom. The van der Waals surface area contributed by atoms with E-state index in [0.717, 1.165) is 13.0 Å². The SMILES string of the molecule is C=COCCCCCN(C)C.Cl. The summed E-state index contributed by atoms with van der Waals surface area (Å²) in [7, 11) is 4.19. The molecule has 3 heteroatoms. The molecule has 0 unspecified atom stereocenters. The van der Waals surface area contributed by atoms with Gasteiger partial charge in [0.15, 0.2) is 0 Å². The first-order chi connectivity index (χ1) is 5.27. The van der Waals surface area contributed by atoms with E-state index in [4.69, 9.17) is 4.74 Å². The first-order valence-electron chi connectivity index (χ1n) is 4.14. The first-order valence-corrected chi connectivity index (χ1v) is 4.14. The molecule has 0 bridgehead atoms. The van der Waals surface area contributed by atoms with Crippen LogP contribution in [-0.4, -0.2) is 32.1 Å². The van der Waals surface area contributed by atoms with Gasteiger partial charge in [-0.2, -0.15) is 0 Å². The predicted octanol–water partition coefficient (Wildman–Crippen LogP) is 2.30. The molecular formula is C9H20ClNO. The van der Waals surface area contributed by atoms with E-state index in [9.17, 15) is 0 Å². The van der Waals surface area contributed by atoms with Gasteiger partial charge in [0.1, 0.15) is 0 Å². The first kappa shape index (κ1) is 14.3.